The second-order valence-electron chi connectivity index (χ2n) is 18.4. The van der Waals surface area contributed by atoms with Gasteiger partial charge in [-0.3, -0.25) is 4.79 Å². The number of hydrogen-bond acceptors (Lipinski definition) is 3. The van der Waals surface area contributed by atoms with Crippen molar-refractivity contribution in [2.75, 3.05) is 6.61 Å². The van der Waals surface area contributed by atoms with E-state index in [-0.39, 0.29) is 27.5 Å². The minimum absolute atomic E-state index is 0.0210. The first-order valence-electron chi connectivity index (χ1n) is 17.8. The zero-order chi connectivity index (χ0) is 34.2. The summed E-state index contributed by atoms with van der Waals surface area (Å²) in [6, 6.07) is 11.0. The molecule has 4 atom stereocenters. The molecule has 45 heavy (non-hydrogen) atoms. The molecule has 3 rings (SSSR count). The fourth-order valence-corrected chi connectivity index (χ4v) is 12.3. The van der Waals surface area contributed by atoms with Crippen LogP contribution in [0.5, 0.6) is 0 Å². The van der Waals surface area contributed by atoms with Crippen molar-refractivity contribution in [2.45, 2.75) is 150 Å². The number of allylic oxidation sites excluding steroid dienone is 2. The number of fused-ring (bicyclic) bond motifs is 1. The predicted molar refractivity (Wildman–Crippen MR) is 203 cm³/mol. The summed E-state index contributed by atoms with van der Waals surface area (Å²) in [4.78, 5) is 14.1. The molecule has 0 heterocycles. The average Bonchev–Trinajstić information content (AvgIpc) is 3.09. The fourth-order valence-electron chi connectivity index (χ4n) is 7.19. The Balaban J connectivity index is 1.93. The Labute approximate surface area is 281 Å². The van der Waals surface area contributed by atoms with E-state index in [1.807, 2.05) is 0 Å². The van der Waals surface area contributed by atoms with Gasteiger partial charge in [-0.15, -0.1) is 0 Å². The minimum Gasteiger partial charge on any atom is -0.417 e. The molecule has 1 aromatic carbocycles. The maximum absolute atomic E-state index is 14.1. The number of carbonyl (C=O) groups is 1. The third-order valence-corrected chi connectivity index (χ3v) is 25.5. The number of carbonyl (C=O) groups excluding carboxylic acids is 1. The van der Waals surface area contributed by atoms with Crippen molar-refractivity contribution in [1.29, 1.82) is 0 Å². The first-order valence-corrected chi connectivity index (χ1v) is 26.6. The quantitative estimate of drug-likeness (QED) is 0.220. The molecule has 2 aliphatic carbocycles. The molecule has 0 bridgehead atoms. The van der Waals surface area contributed by atoms with Crippen molar-refractivity contribution in [3.8, 4) is 0 Å². The molecule has 1 fully saturated rings. The number of benzene rings is 1. The predicted octanol–water partition coefficient (Wildman–Crippen LogP) is 10.8. The summed E-state index contributed by atoms with van der Waals surface area (Å²) in [5.74, 6) is 1.43. The summed E-state index contributed by atoms with van der Waals surface area (Å²) in [6.45, 7) is 36.2. The van der Waals surface area contributed by atoms with E-state index in [1.54, 1.807) is 0 Å². The van der Waals surface area contributed by atoms with E-state index in [4.69, 9.17) is 8.85 Å². The van der Waals surface area contributed by atoms with Gasteiger partial charge in [0.15, 0.2) is 22.4 Å². The van der Waals surface area contributed by atoms with Gasteiger partial charge in [0.2, 0.25) is 0 Å². The lowest BCUT2D eigenvalue weighted by Crippen LogP contribution is -2.45. The Morgan fingerprint density at radius 1 is 0.956 bits per heavy atom. The summed E-state index contributed by atoms with van der Waals surface area (Å²) in [5, 5.41) is 3.30. The van der Waals surface area contributed by atoms with Gasteiger partial charge in [0.25, 0.3) is 0 Å². The van der Waals surface area contributed by atoms with Gasteiger partial charge in [-0.2, -0.15) is 0 Å². The highest BCUT2D eigenvalue weighted by molar-refractivity contribution is 6.95. The second-order valence-corrected chi connectivity index (χ2v) is 32.5. The van der Waals surface area contributed by atoms with Crippen LogP contribution < -0.4 is 5.19 Å². The van der Waals surface area contributed by atoms with Crippen molar-refractivity contribution < 1.29 is 13.6 Å². The van der Waals surface area contributed by atoms with Gasteiger partial charge < -0.3 is 8.85 Å². The zero-order valence-corrected chi connectivity index (χ0v) is 34.8. The molecule has 1 unspecified atom stereocenters. The van der Waals surface area contributed by atoms with Crippen LogP contribution in [0.15, 0.2) is 53.3 Å². The van der Waals surface area contributed by atoms with Crippen molar-refractivity contribution in [1.82, 2.24) is 0 Å². The van der Waals surface area contributed by atoms with E-state index in [9.17, 15) is 4.79 Å². The highest BCUT2D eigenvalue weighted by Crippen LogP contribution is 2.57. The Morgan fingerprint density at radius 3 is 2.07 bits per heavy atom. The van der Waals surface area contributed by atoms with E-state index in [2.05, 4.69) is 144 Å². The van der Waals surface area contributed by atoms with Crippen LogP contribution in [0, 0.1) is 23.2 Å². The van der Waals surface area contributed by atoms with Crippen LogP contribution in [0.1, 0.15) is 94.4 Å². The third kappa shape index (κ3) is 8.51. The second kappa shape index (κ2) is 13.8. The Hall–Kier alpha value is -1.06. The summed E-state index contributed by atoms with van der Waals surface area (Å²) < 4.78 is 13.8. The molecular weight excluding hydrogens is 601 g/mol. The summed E-state index contributed by atoms with van der Waals surface area (Å²) in [5.41, 5.74) is 1.32. The van der Waals surface area contributed by atoms with Gasteiger partial charge in [0, 0.05) is 12.5 Å². The Morgan fingerprint density at radius 2 is 1.53 bits per heavy atom. The standard InChI is InChI=1S/C39H68O3Si3/c1-29(2)33-28-36(42-45(14,15)38(6,7)8)34-27-35(40)30(23-25-39(33,34)9)21-22-32(24-26-41-44(12,13)37(3,4)5)43(10,11)31-19-17-16-18-20-31/h16-20,22,27,29-30,33,36H,21,23-26,28H2,1-15H3/t30?,33-,36+,39-/m1/s1. The highest BCUT2D eigenvalue weighted by Gasteiger charge is 2.53. The normalized spacial score (nSPS) is 25.8. The third-order valence-electron chi connectivity index (χ3n) is 12.6. The Kier molecular flexibility index (Phi) is 11.8. The molecule has 0 aromatic heterocycles. The SMILES string of the molecule is CC(C)[C@H]1C[C@H](O[Si](C)(C)C(C)(C)C)C2=CC(=O)C(CC=C(CCO[Si](C)(C)C(C)(C)C)[Si](C)(C)c3ccccc3)CC[C@@]21C. The van der Waals surface area contributed by atoms with E-state index in [1.165, 1.54) is 16.0 Å². The van der Waals surface area contributed by atoms with E-state index in [0.717, 1.165) is 38.7 Å². The van der Waals surface area contributed by atoms with Crippen LogP contribution >= 0.6 is 0 Å². The van der Waals surface area contributed by atoms with Crippen LogP contribution in [-0.2, 0) is 13.6 Å². The van der Waals surface area contributed by atoms with Gasteiger partial charge in [-0.25, -0.2) is 0 Å². The van der Waals surface area contributed by atoms with Crippen LogP contribution in [0.4, 0.5) is 0 Å². The molecule has 0 saturated heterocycles. The number of rotatable bonds is 11. The summed E-state index contributed by atoms with van der Waals surface area (Å²) in [7, 11) is -5.76. The lowest BCUT2D eigenvalue weighted by Gasteiger charge is -2.39. The molecule has 0 spiro atoms. The van der Waals surface area contributed by atoms with Crippen molar-refractivity contribution in [2.24, 2.45) is 23.2 Å². The van der Waals surface area contributed by atoms with Gasteiger partial charge in [0.1, 0.15) is 8.07 Å². The maximum Gasteiger partial charge on any atom is 0.192 e. The van der Waals surface area contributed by atoms with E-state index >= 15 is 0 Å². The highest BCUT2D eigenvalue weighted by atomic mass is 28.4. The van der Waals surface area contributed by atoms with Crippen LogP contribution in [-0.4, -0.2) is 43.2 Å². The van der Waals surface area contributed by atoms with Gasteiger partial charge >= 0.3 is 0 Å². The van der Waals surface area contributed by atoms with Gasteiger partial charge in [0.05, 0.1) is 6.10 Å². The molecule has 0 N–H and O–H groups in total. The van der Waals surface area contributed by atoms with E-state index in [0.29, 0.717) is 17.6 Å². The summed E-state index contributed by atoms with van der Waals surface area (Å²) in [6.07, 6.45) is 9.42. The molecule has 6 heteroatoms. The fraction of sp³-hybridized carbons (Fsp3) is 0.718. The molecule has 3 nitrogen and oxygen atoms in total. The lowest BCUT2D eigenvalue weighted by molar-refractivity contribution is -0.118. The number of hydrogen-bond donors (Lipinski definition) is 0. The zero-order valence-electron chi connectivity index (χ0n) is 31.8. The maximum atomic E-state index is 14.1. The van der Waals surface area contributed by atoms with Gasteiger partial charge in [-0.1, -0.05) is 122 Å². The monoisotopic (exact) mass is 668 g/mol. The largest absolute Gasteiger partial charge is 0.417 e. The van der Waals surface area contributed by atoms with Crippen LogP contribution in [0.25, 0.3) is 0 Å². The minimum atomic E-state index is -1.99. The molecule has 1 aromatic rings. The van der Waals surface area contributed by atoms with Crippen LogP contribution in [0.3, 0.4) is 0 Å². The van der Waals surface area contributed by atoms with Crippen molar-refractivity contribution in [3.05, 3.63) is 53.3 Å². The summed E-state index contributed by atoms with van der Waals surface area (Å²) >= 11 is 0. The molecular formula is C39H68O3Si3. The van der Waals surface area contributed by atoms with Crippen LogP contribution in [0.2, 0.25) is 49.4 Å². The van der Waals surface area contributed by atoms with Gasteiger partial charge in [-0.05, 0) is 97.3 Å². The van der Waals surface area contributed by atoms with E-state index < -0.39 is 24.7 Å². The molecule has 0 radical (unpaired) electrons. The van der Waals surface area contributed by atoms with Crippen molar-refractivity contribution >= 4 is 35.7 Å². The Bertz CT molecular complexity index is 1230. The molecule has 2 aliphatic rings. The number of ketones is 1. The molecule has 254 valence electrons. The first-order chi connectivity index (χ1) is 20.4. The smallest absolute Gasteiger partial charge is 0.192 e. The molecule has 0 amide bonds. The first kappa shape index (κ1) is 38.4. The molecule has 1 saturated carbocycles. The topological polar surface area (TPSA) is 35.5 Å². The molecule has 0 aliphatic heterocycles. The van der Waals surface area contributed by atoms with Crippen molar-refractivity contribution in [3.63, 3.8) is 0 Å². The lowest BCUT2D eigenvalue weighted by atomic mass is 9.69. The average molecular weight is 669 g/mol.